The van der Waals surface area contributed by atoms with E-state index in [9.17, 15) is 14.4 Å². The van der Waals surface area contributed by atoms with Gasteiger partial charge in [0.2, 0.25) is 11.8 Å². The van der Waals surface area contributed by atoms with Gasteiger partial charge in [-0.25, -0.2) is 0 Å². The molecule has 0 spiro atoms. The van der Waals surface area contributed by atoms with E-state index in [0.717, 1.165) is 27.7 Å². The molecule has 1 unspecified atom stereocenters. The largest absolute Gasteiger partial charge is 0.390 e. The van der Waals surface area contributed by atoms with E-state index in [1.54, 1.807) is 23.2 Å². The normalized spacial score (nSPS) is 18.7. The number of imide groups is 1. The van der Waals surface area contributed by atoms with E-state index in [1.807, 2.05) is 6.07 Å². The van der Waals surface area contributed by atoms with Crippen LogP contribution in [0, 0.1) is 17.3 Å². The predicted molar refractivity (Wildman–Crippen MR) is 117 cm³/mol. The Morgan fingerprint density at radius 1 is 1.38 bits per heavy atom. The minimum atomic E-state index is -0.615. The zero-order valence-electron chi connectivity index (χ0n) is 15.8. The Morgan fingerprint density at radius 2 is 2.21 bits per heavy atom. The Bertz CT molecular complexity index is 945. The van der Waals surface area contributed by atoms with Crippen molar-refractivity contribution in [2.45, 2.75) is 38.3 Å². The Hall–Kier alpha value is -2.67. The number of amides is 3. The number of allylic oxidation sites excluding steroid dienone is 1. The lowest BCUT2D eigenvalue weighted by Crippen LogP contribution is -2.52. The van der Waals surface area contributed by atoms with Gasteiger partial charge in [0, 0.05) is 53.1 Å². The molecule has 3 amide bonds. The second kappa shape index (κ2) is 9.69. The number of fused-ring (bicyclic) bond motifs is 1. The first kappa shape index (κ1) is 21.0. The van der Waals surface area contributed by atoms with Crippen LogP contribution in [0.3, 0.4) is 0 Å². The van der Waals surface area contributed by atoms with Crippen molar-refractivity contribution in [3.05, 3.63) is 44.7 Å². The molecule has 1 saturated heterocycles. The Morgan fingerprint density at radius 3 is 2.97 bits per heavy atom. The van der Waals surface area contributed by atoms with Crippen molar-refractivity contribution in [2.75, 3.05) is 6.54 Å². The first-order valence-electron chi connectivity index (χ1n) is 9.36. The highest BCUT2D eigenvalue weighted by molar-refractivity contribution is 14.1. The summed E-state index contributed by atoms with van der Waals surface area (Å²) < 4.78 is 0.832. The highest BCUT2D eigenvalue weighted by Crippen LogP contribution is 2.29. The second-order valence-corrected chi connectivity index (χ2v) is 8.01. The van der Waals surface area contributed by atoms with Crippen LogP contribution in [0.4, 0.5) is 0 Å². The van der Waals surface area contributed by atoms with Crippen molar-refractivity contribution in [3.8, 4) is 11.8 Å². The maximum Gasteiger partial charge on any atom is 0.255 e. The van der Waals surface area contributed by atoms with Gasteiger partial charge in [0.15, 0.2) is 0 Å². The summed E-state index contributed by atoms with van der Waals surface area (Å²) in [5, 5.41) is 12.5. The molecule has 0 radical (unpaired) electrons. The minimum Gasteiger partial charge on any atom is -0.390 e. The number of rotatable bonds is 6. The van der Waals surface area contributed by atoms with E-state index in [4.69, 9.17) is 5.41 Å². The van der Waals surface area contributed by atoms with Crippen molar-refractivity contribution in [1.29, 1.82) is 5.41 Å². The smallest absolute Gasteiger partial charge is 0.255 e. The first-order valence-corrected chi connectivity index (χ1v) is 10.4. The van der Waals surface area contributed by atoms with Crippen molar-refractivity contribution in [3.63, 3.8) is 0 Å². The van der Waals surface area contributed by atoms with Gasteiger partial charge in [0.05, 0.1) is 0 Å². The number of nitrogens with one attached hydrogen (secondary N) is 3. The van der Waals surface area contributed by atoms with Crippen LogP contribution in [0.25, 0.3) is 0 Å². The average Bonchev–Trinajstić information content (AvgIpc) is 3.04. The fraction of sp³-hybridized carbons (Fsp3) is 0.333. The zero-order chi connectivity index (χ0) is 20.8. The molecule has 2 aliphatic heterocycles. The third-order valence-electron chi connectivity index (χ3n) is 4.81. The fourth-order valence-electron chi connectivity index (χ4n) is 3.35. The molecule has 1 aromatic carbocycles. The number of hydrogen-bond donors (Lipinski definition) is 3. The van der Waals surface area contributed by atoms with Gasteiger partial charge < -0.3 is 15.6 Å². The maximum absolute atomic E-state index is 12.8. The summed E-state index contributed by atoms with van der Waals surface area (Å²) in [4.78, 5) is 37.9. The van der Waals surface area contributed by atoms with E-state index in [1.165, 1.54) is 6.21 Å². The number of nitrogens with zero attached hydrogens (tertiary/aromatic N) is 1. The molecule has 1 aromatic rings. The summed E-state index contributed by atoms with van der Waals surface area (Å²) in [6, 6.07) is 4.84. The summed E-state index contributed by atoms with van der Waals surface area (Å²) in [5.74, 6) is 5.41. The van der Waals surface area contributed by atoms with Crippen LogP contribution in [0.1, 0.15) is 47.2 Å². The Kier molecular flexibility index (Phi) is 7.04. The fourth-order valence-corrected chi connectivity index (χ4v) is 3.57. The third kappa shape index (κ3) is 5.03. The molecular weight excluding hydrogens is 483 g/mol. The van der Waals surface area contributed by atoms with Gasteiger partial charge in [0.25, 0.3) is 5.91 Å². The molecule has 150 valence electrons. The summed E-state index contributed by atoms with van der Waals surface area (Å²) in [6.07, 6.45) is 5.23. The van der Waals surface area contributed by atoms with E-state index >= 15 is 0 Å². The van der Waals surface area contributed by atoms with E-state index in [-0.39, 0.29) is 18.2 Å². The summed E-state index contributed by atoms with van der Waals surface area (Å²) in [5.41, 5.74) is 2.22. The number of unbranched alkanes of at least 4 members (excludes halogenated alkanes) is 1. The predicted octanol–water partition coefficient (Wildman–Crippen LogP) is 2.09. The molecule has 3 N–H and O–H groups in total. The number of benzene rings is 1. The van der Waals surface area contributed by atoms with Crippen LogP contribution in [-0.2, 0) is 16.1 Å². The van der Waals surface area contributed by atoms with Crippen LogP contribution in [0.2, 0.25) is 0 Å². The molecule has 2 heterocycles. The number of hydrogen-bond acceptors (Lipinski definition) is 5. The second-order valence-electron chi connectivity index (χ2n) is 6.76. The molecule has 29 heavy (non-hydrogen) atoms. The molecule has 3 rings (SSSR count). The monoisotopic (exact) mass is 504 g/mol. The van der Waals surface area contributed by atoms with Crippen LogP contribution in [0.5, 0.6) is 0 Å². The van der Waals surface area contributed by atoms with Gasteiger partial charge in [-0.1, -0.05) is 17.9 Å². The van der Waals surface area contributed by atoms with Crippen molar-refractivity contribution >= 4 is 46.5 Å². The van der Waals surface area contributed by atoms with Crippen LogP contribution >= 0.6 is 22.6 Å². The van der Waals surface area contributed by atoms with Crippen LogP contribution in [0.15, 0.2) is 28.0 Å². The van der Waals surface area contributed by atoms with Crippen molar-refractivity contribution in [1.82, 2.24) is 15.5 Å². The molecular formula is C21H21IN4O3. The summed E-state index contributed by atoms with van der Waals surface area (Å²) in [7, 11) is 0. The molecule has 0 bridgehead atoms. The molecule has 8 heteroatoms. The average molecular weight is 504 g/mol. The highest BCUT2D eigenvalue weighted by Gasteiger charge is 2.39. The number of piperidine rings is 1. The highest BCUT2D eigenvalue weighted by atomic mass is 127. The van der Waals surface area contributed by atoms with Gasteiger partial charge in [-0.05, 0) is 53.1 Å². The Balaban J connectivity index is 1.63. The van der Waals surface area contributed by atoms with Crippen molar-refractivity contribution < 1.29 is 14.4 Å². The molecule has 2 aliphatic rings. The lowest BCUT2D eigenvalue weighted by molar-refractivity contribution is -0.136. The lowest BCUT2D eigenvalue weighted by Gasteiger charge is -2.29. The van der Waals surface area contributed by atoms with Crippen molar-refractivity contribution in [2.24, 2.45) is 0 Å². The SMILES string of the molecule is N=C/C(I)=C\NCCCC#Cc1cccc2c1CN(C1CCC(=O)NC1=O)C2=O. The number of carbonyl (C=O) groups is 3. The Labute approximate surface area is 182 Å². The topological polar surface area (TPSA) is 102 Å². The van der Waals surface area contributed by atoms with Gasteiger partial charge in [-0.15, -0.1) is 0 Å². The van der Waals surface area contributed by atoms with Gasteiger partial charge >= 0.3 is 0 Å². The standard InChI is InChI=1S/C21H21IN4O3/c22-15(11-23)12-24-10-3-1-2-5-14-6-4-7-16-17(14)13-26(21(16)29)18-8-9-19(27)25-20(18)28/h4,6-7,11-12,18,23-24H,1,3,8-10,13H2,(H,25,27,28)/b15-12+,23-11?. The van der Waals surface area contributed by atoms with E-state index in [2.05, 4.69) is 45.1 Å². The van der Waals surface area contributed by atoms with Gasteiger partial charge in [0.1, 0.15) is 6.04 Å². The lowest BCUT2D eigenvalue weighted by atomic mass is 10.0. The maximum atomic E-state index is 12.8. The molecule has 7 nitrogen and oxygen atoms in total. The van der Waals surface area contributed by atoms with Crippen LogP contribution in [-0.4, -0.2) is 41.4 Å². The van der Waals surface area contributed by atoms with E-state index in [0.29, 0.717) is 24.9 Å². The zero-order valence-corrected chi connectivity index (χ0v) is 17.9. The molecule has 0 aromatic heterocycles. The number of halogens is 1. The molecule has 0 aliphatic carbocycles. The first-order chi connectivity index (χ1) is 14.0. The van der Waals surface area contributed by atoms with E-state index < -0.39 is 11.9 Å². The third-order valence-corrected chi connectivity index (χ3v) is 5.43. The molecule has 1 fully saturated rings. The van der Waals surface area contributed by atoms with Gasteiger partial charge in [-0.3, -0.25) is 19.7 Å². The summed E-state index contributed by atoms with van der Waals surface area (Å²) in [6.45, 7) is 1.10. The van der Waals surface area contributed by atoms with Gasteiger partial charge in [-0.2, -0.15) is 0 Å². The molecule has 0 saturated carbocycles. The minimum absolute atomic E-state index is 0.185. The summed E-state index contributed by atoms with van der Waals surface area (Å²) >= 11 is 2.07. The number of carbonyl (C=O) groups excluding carboxylic acids is 3. The van der Waals surface area contributed by atoms with Crippen LogP contribution < -0.4 is 10.6 Å². The quantitative estimate of drug-likeness (QED) is 0.182. The molecule has 1 atom stereocenters.